The second-order valence-corrected chi connectivity index (χ2v) is 5.74. The fourth-order valence-corrected chi connectivity index (χ4v) is 2.46. The summed E-state index contributed by atoms with van der Waals surface area (Å²) in [6, 6.07) is 8.64. The SMILES string of the molecule is CC(Sc1ccc(F)cc1)C(=O)Nc1ccc(F)cc1F. The number of halogens is 3. The molecule has 1 N–H and O–H groups in total. The van der Waals surface area contributed by atoms with Crippen molar-refractivity contribution in [1.82, 2.24) is 0 Å². The van der Waals surface area contributed by atoms with Crippen LogP contribution in [0.5, 0.6) is 0 Å². The van der Waals surface area contributed by atoms with E-state index < -0.39 is 22.8 Å². The van der Waals surface area contributed by atoms with E-state index in [1.54, 1.807) is 19.1 Å². The maximum Gasteiger partial charge on any atom is 0.237 e. The highest BCUT2D eigenvalue weighted by Gasteiger charge is 2.16. The summed E-state index contributed by atoms with van der Waals surface area (Å²) in [5, 5.41) is 1.88. The predicted octanol–water partition coefficient (Wildman–Crippen LogP) is 4.22. The number of amides is 1. The van der Waals surface area contributed by atoms with Gasteiger partial charge in [0.1, 0.15) is 17.5 Å². The smallest absolute Gasteiger partial charge is 0.237 e. The summed E-state index contributed by atoms with van der Waals surface area (Å²) in [6.07, 6.45) is 0. The zero-order valence-electron chi connectivity index (χ0n) is 11.1. The lowest BCUT2D eigenvalue weighted by Gasteiger charge is -2.12. The Balaban J connectivity index is 2.00. The molecule has 0 radical (unpaired) electrons. The Morgan fingerprint density at radius 2 is 1.67 bits per heavy atom. The number of thioether (sulfide) groups is 1. The first kappa shape index (κ1) is 15.4. The van der Waals surface area contributed by atoms with Gasteiger partial charge in [-0.25, -0.2) is 13.2 Å². The first-order valence-corrected chi connectivity index (χ1v) is 7.02. The number of hydrogen-bond donors (Lipinski definition) is 1. The number of hydrogen-bond acceptors (Lipinski definition) is 2. The molecule has 2 aromatic carbocycles. The molecule has 6 heteroatoms. The molecular weight excluding hydrogens is 299 g/mol. The highest BCUT2D eigenvalue weighted by atomic mass is 32.2. The highest BCUT2D eigenvalue weighted by Crippen LogP contribution is 2.25. The van der Waals surface area contributed by atoms with E-state index in [0.29, 0.717) is 6.07 Å². The van der Waals surface area contributed by atoms with Crippen LogP contribution in [0.1, 0.15) is 6.92 Å². The molecule has 0 aliphatic rings. The molecule has 2 nitrogen and oxygen atoms in total. The van der Waals surface area contributed by atoms with E-state index in [2.05, 4.69) is 5.32 Å². The van der Waals surface area contributed by atoms with Crippen molar-refractivity contribution in [3.63, 3.8) is 0 Å². The minimum atomic E-state index is -0.831. The molecular formula is C15H12F3NOS. The second-order valence-electron chi connectivity index (χ2n) is 4.33. The van der Waals surface area contributed by atoms with Crippen LogP contribution < -0.4 is 5.32 Å². The molecule has 21 heavy (non-hydrogen) atoms. The van der Waals surface area contributed by atoms with Crippen LogP contribution in [0.4, 0.5) is 18.9 Å². The van der Waals surface area contributed by atoms with Crippen LogP contribution in [0.3, 0.4) is 0 Å². The van der Waals surface area contributed by atoms with E-state index in [4.69, 9.17) is 0 Å². The van der Waals surface area contributed by atoms with Crippen molar-refractivity contribution in [2.24, 2.45) is 0 Å². The molecule has 0 saturated heterocycles. The zero-order valence-corrected chi connectivity index (χ0v) is 11.9. The highest BCUT2D eigenvalue weighted by molar-refractivity contribution is 8.00. The van der Waals surface area contributed by atoms with E-state index >= 15 is 0 Å². The van der Waals surface area contributed by atoms with Crippen LogP contribution >= 0.6 is 11.8 Å². The quantitative estimate of drug-likeness (QED) is 0.856. The first-order chi connectivity index (χ1) is 9.95. The molecule has 0 saturated carbocycles. The number of nitrogens with one attached hydrogen (secondary N) is 1. The lowest BCUT2D eigenvalue weighted by atomic mass is 10.3. The zero-order chi connectivity index (χ0) is 15.4. The normalized spacial score (nSPS) is 12.0. The van der Waals surface area contributed by atoms with E-state index in [0.717, 1.165) is 17.0 Å². The van der Waals surface area contributed by atoms with Crippen molar-refractivity contribution in [3.8, 4) is 0 Å². The van der Waals surface area contributed by atoms with Gasteiger partial charge in [0.25, 0.3) is 0 Å². The Morgan fingerprint density at radius 1 is 1.05 bits per heavy atom. The molecule has 110 valence electrons. The third-order valence-electron chi connectivity index (χ3n) is 2.68. The summed E-state index contributed by atoms with van der Waals surface area (Å²) in [5.74, 6) is -2.32. The van der Waals surface area contributed by atoms with Crippen LogP contribution in [0, 0.1) is 17.5 Å². The van der Waals surface area contributed by atoms with Crippen molar-refractivity contribution >= 4 is 23.4 Å². The average molecular weight is 311 g/mol. The molecule has 0 bridgehead atoms. The monoisotopic (exact) mass is 311 g/mol. The molecule has 0 aromatic heterocycles. The van der Waals surface area contributed by atoms with Gasteiger partial charge in [-0.3, -0.25) is 4.79 Å². The summed E-state index contributed by atoms with van der Waals surface area (Å²) in [5.41, 5.74) is -0.0760. The molecule has 0 aliphatic carbocycles. The van der Waals surface area contributed by atoms with Crippen molar-refractivity contribution in [1.29, 1.82) is 0 Å². The Kier molecular flexibility index (Phi) is 4.90. The Labute approximate surface area is 124 Å². The fraction of sp³-hybridized carbons (Fsp3) is 0.133. The Morgan fingerprint density at radius 3 is 2.29 bits per heavy atom. The number of carbonyl (C=O) groups excluding carboxylic acids is 1. The lowest BCUT2D eigenvalue weighted by molar-refractivity contribution is -0.115. The summed E-state index contributed by atoms with van der Waals surface area (Å²) >= 11 is 1.21. The van der Waals surface area contributed by atoms with Crippen molar-refractivity contribution in [2.45, 2.75) is 17.1 Å². The molecule has 1 amide bonds. The molecule has 2 rings (SSSR count). The van der Waals surface area contributed by atoms with Crippen LogP contribution in [-0.2, 0) is 4.79 Å². The molecule has 2 aromatic rings. The largest absolute Gasteiger partial charge is 0.323 e. The fourth-order valence-electron chi connectivity index (χ4n) is 1.60. The van der Waals surface area contributed by atoms with Crippen LogP contribution in [0.2, 0.25) is 0 Å². The van der Waals surface area contributed by atoms with Crippen molar-refractivity contribution in [2.75, 3.05) is 5.32 Å². The van der Waals surface area contributed by atoms with Crippen molar-refractivity contribution < 1.29 is 18.0 Å². The summed E-state index contributed by atoms with van der Waals surface area (Å²) in [7, 11) is 0. The van der Waals surface area contributed by atoms with Gasteiger partial charge in [0, 0.05) is 11.0 Å². The maximum atomic E-state index is 13.4. The number of carbonyl (C=O) groups is 1. The number of rotatable bonds is 4. The van der Waals surface area contributed by atoms with Crippen LogP contribution in [0.15, 0.2) is 47.4 Å². The number of anilines is 1. The van der Waals surface area contributed by atoms with Gasteiger partial charge >= 0.3 is 0 Å². The summed E-state index contributed by atoms with van der Waals surface area (Å²) in [6.45, 7) is 1.64. The van der Waals surface area contributed by atoms with Gasteiger partial charge in [0.2, 0.25) is 5.91 Å². The number of benzene rings is 2. The first-order valence-electron chi connectivity index (χ1n) is 6.14. The molecule has 0 fully saturated rings. The lowest BCUT2D eigenvalue weighted by Crippen LogP contribution is -2.23. The van der Waals surface area contributed by atoms with Gasteiger partial charge in [-0.05, 0) is 43.3 Å². The molecule has 1 atom stereocenters. The molecule has 0 aliphatic heterocycles. The van der Waals surface area contributed by atoms with Crippen LogP contribution in [-0.4, -0.2) is 11.2 Å². The maximum absolute atomic E-state index is 13.4. The van der Waals surface area contributed by atoms with Gasteiger partial charge in [-0.2, -0.15) is 0 Å². The molecule has 1 unspecified atom stereocenters. The van der Waals surface area contributed by atoms with E-state index in [-0.39, 0.29) is 11.5 Å². The van der Waals surface area contributed by atoms with E-state index in [1.807, 2.05) is 0 Å². The summed E-state index contributed by atoms with van der Waals surface area (Å²) in [4.78, 5) is 12.7. The van der Waals surface area contributed by atoms with E-state index in [1.165, 1.54) is 23.9 Å². The van der Waals surface area contributed by atoms with E-state index in [9.17, 15) is 18.0 Å². The standard InChI is InChI=1S/C15H12F3NOS/c1-9(21-12-5-2-10(16)3-6-12)15(20)19-14-7-4-11(17)8-13(14)18/h2-9H,1H3,(H,19,20). The Bertz CT molecular complexity index is 646. The van der Waals surface area contributed by atoms with Gasteiger partial charge in [0.15, 0.2) is 0 Å². The molecule has 0 heterocycles. The molecule has 0 spiro atoms. The topological polar surface area (TPSA) is 29.1 Å². The van der Waals surface area contributed by atoms with Gasteiger partial charge < -0.3 is 5.32 Å². The second kappa shape index (κ2) is 6.67. The van der Waals surface area contributed by atoms with Gasteiger partial charge in [-0.15, -0.1) is 11.8 Å². The predicted molar refractivity (Wildman–Crippen MR) is 76.7 cm³/mol. The van der Waals surface area contributed by atoms with Gasteiger partial charge in [0.05, 0.1) is 10.9 Å². The Hall–Kier alpha value is -1.95. The average Bonchev–Trinajstić information content (AvgIpc) is 2.44. The minimum absolute atomic E-state index is 0.0760. The minimum Gasteiger partial charge on any atom is -0.323 e. The van der Waals surface area contributed by atoms with Gasteiger partial charge in [-0.1, -0.05) is 0 Å². The van der Waals surface area contributed by atoms with Crippen molar-refractivity contribution in [3.05, 3.63) is 59.9 Å². The third kappa shape index (κ3) is 4.26. The van der Waals surface area contributed by atoms with Crippen LogP contribution in [0.25, 0.3) is 0 Å². The third-order valence-corrected chi connectivity index (χ3v) is 3.80. The summed E-state index contributed by atoms with van der Waals surface area (Å²) < 4.78 is 39.0.